The average molecular weight is 407 g/mol. The molecule has 3 rings (SSSR count). The van der Waals surface area contributed by atoms with Crippen molar-refractivity contribution >= 4 is 60.5 Å². The van der Waals surface area contributed by atoms with Gasteiger partial charge in [-0.3, -0.25) is 9.59 Å². The number of thiophene rings is 1. The monoisotopic (exact) mass is 406 g/mol. The van der Waals surface area contributed by atoms with E-state index in [1.165, 1.54) is 47.8 Å². The topological polar surface area (TPSA) is 74.3 Å². The molecule has 0 radical (unpaired) electrons. The minimum absolute atomic E-state index is 0.0137. The van der Waals surface area contributed by atoms with Crippen molar-refractivity contribution in [2.24, 2.45) is 0 Å². The second kappa shape index (κ2) is 8.01. The van der Waals surface area contributed by atoms with Gasteiger partial charge in [-0.15, -0.1) is 11.3 Å². The molecule has 0 unspecified atom stereocenters. The van der Waals surface area contributed by atoms with Gasteiger partial charge in [0.25, 0.3) is 5.91 Å². The van der Waals surface area contributed by atoms with E-state index in [1.54, 1.807) is 6.07 Å². The number of hydrogen-bond donors (Lipinski definition) is 2. The van der Waals surface area contributed by atoms with Crippen LogP contribution in [0.5, 0.6) is 0 Å². The van der Waals surface area contributed by atoms with Crippen LogP contribution in [-0.2, 0) is 4.79 Å². The molecular weight excluding hydrogens is 387 g/mol. The Morgan fingerprint density at radius 2 is 1.89 bits per heavy atom. The van der Waals surface area contributed by atoms with Gasteiger partial charge in [-0.1, -0.05) is 11.3 Å². The van der Waals surface area contributed by atoms with Crippen LogP contribution in [0.15, 0.2) is 24.3 Å². The van der Waals surface area contributed by atoms with Crippen LogP contribution in [0.3, 0.4) is 0 Å². The van der Waals surface area contributed by atoms with E-state index in [0.717, 1.165) is 27.8 Å². The van der Waals surface area contributed by atoms with Gasteiger partial charge in [-0.25, -0.2) is 9.37 Å². The lowest BCUT2D eigenvalue weighted by Gasteiger charge is -2.16. The highest BCUT2D eigenvalue weighted by Crippen LogP contribution is 2.35. The molecule has 0 spiro atoms. The number of carbonyl (C=O) groups is 2. The number of aromatic nitrogens is 1. The van der Waals surface area contributed by atoms with Crippen LogP contribution in [0.2, 0.25) is 0 Å². The Morgan fingerprint density at radius 1 is 1.15 bits per heavy atom. The van der Waals surface area contributed by atoms with E-state index in [4.69, 9.17) is 0 Å². The van der Waals surface area contributed by atoms with E-state index in [2.05, 4.69) is 34.4 Å². The highest BCUT2D eigenvalue weighted by molar-refractivity contribution is 7.29. The molecule has 1 aromatic carbocycles. The van der Waals surface area contributed by atoms with Gasteiger partial charge in [0, 0.05) is 25.7 Å². The summed E-state index contributed by atoms with van der Waals surface area (Å²) in [5.74, 6) is -1.25. The van der Waals surface area contributed by atoms with Gasteiger partial charge in [-0.2, -0.15) is 0 Å². The minimum Gasteiger partial charge on any atom is -0.349 e. The van der Waals surface area contributed by atoms with Crippen LogP contribution in [-0.4, -0.2) is 29.9 Å². The van der Waals surface area contributed by atoms with Gasteiger partial charge in [-0.05, 0) is 38.1 Å². The third-order valence-electron chi connectivity index (χ3n) is 3.87. The number of benzene rings is 1. The molecule has 2 heterocycles. The largest absolute Gasteiger partial charge is 0.349 e. The highest BCUT2D eigenvalue weighted by Gasteiger charge is 2.17. The molecule has 0 bridgehead atoms. The van der Waals surface area contributed by atoms with E-state index in [1.807, 2.05) is 0 Å². The van der Waals surface area contributed by atoms with Crippen LogP contribution in [0, 0.1) is 5.82 Å². The molecule has 2 amide bonds. The summed E-state index contributed by atoms with van der Waals surface area (Å²) in [5.41, 5.74) is 0.427. The number of halogens is 1. The zero-order chi connectivity index (χ0) is 19.6. The molecule has 9 heteroatoms. The summed E-state index contributed by atoms with van der Waals surface area (Å²) in [6.45, 7) is 7.24. The van der Waals surface area contributed by atoms with Crippen molar-refractivity contribution in [3.8, 4) is 0 Å². The number of amides is 2. The number of thiazole rings is 1. The van der Waals surface area contributed by atoms with Crippen LogP contribution in [0.1, 0.15) is 30.4 Å². The van der Waals surface area contributed by atoms with E-state index in [9.17, 15) is 14.0 Å². The van der Waals surface area contributed by atoms with Crippen molar-refractivity contribution in [3.63, 3.8) is 0 Å². The molecule has 0 aliphatic rings. The molecule has 27 heavy (non-hydrogen) atoms. The Morgan fingerprint density at radius 3 is 2.52 bits per heavy atom. The zero-order valence-electron chi connectivity index (χ0n) is 15.1. The Labute approximate surface area is 164 Å². The lowest BCUT2D eigenvalue weighted by molar-refractivity contribution is -0.114. The van der Waals surface area contributed by atoms with Crippen LogP contribution in [0.4, 0.5) is 20.9 Å². The number of hydrogen-bond acceptors (Lipinski definition) is 6. The summed E-state index contributed by atoms with van der Waals surface area (Å²) >= 11 is 2.81. The SMILES string of the molecule is CCN(CC)c1nc2sc(C(=O)Nc3cc(NC(C)=O)ccc3F)cc2s1. The normalized spacial score (nSPS) is 10.8. The molecule has 2 aromatic heterocycles. The zero-order valence-corrected chi connectivity index (χ0v) is 16.8. The van der Waals surface area contributed by atoms with E-state index in [-0.39, 0.29) is 11.6 Å². The van der Waals surface area contributed by atoms with Gasteiger partial charge in [0.15, 0.2) is 5.13 Å². The smallest absolute Gasteiger partial charge is 0.265 e. The first kappa shape index (κ1) is 19.2. The lowest BCUT2D eigenvalue weighted by Crippen LogP contribution is -2.21. The molecular formula is C18H19FN4O2S2. The fourth-order valence-corrected chi connectivity index (χ4v) is 4.78. The highest BCUT2D eigenvalue weighted by atomic mass is 32.1. The molecule has 142 valence electrons. The van der Waals surface area contributed by atoms with Gasteiger partial charge in [0.1, 0.15) is 10.6 Å². The van der Waals surface area contributed by atoms with Gasteiger partial charge in [0.2, 0.25) is 5.91 Å². The Hall–Kier alpha value is -2.52. The third-order valence-corrected chi connectivity index (χ3v) is 6.09. The fraction of sp³-hybridized carbons (Fsp3) is 0.278. The number of anilines is 3. The molecule has 0 saturated heterocycles. The number of nitrogens with one attached hydrogen (secondary N) is 2. The Kier molecular flexibility index (Phi) is 5.71. The summed E-state index contributed by atoms with van der Waals surface area (Å²) in [6.07, 6.45) is 0. The van der Waals surface area contributed by atoms with Crippen molar-refractivity contribution in [2.75, 3.05) is 28.6 Å². The summed E-state index contributed by atoms with van der Waals surface area (Å²) in [5, 5.41) is 6.06. The first-order chi connectivity index (χ1) is 12.9. The van der Waals surface area contributed by atoms with Crippen molar-refractivity contribution in [1.82, 2.24) is 4.98 Å². The molecule has 6 nitrogen and oxygen atoms in total. The van der Waals surface area contributed by atoms with E-state index >= 15 is 0 Å². The van der Waals surface area contributed by atoms with Crippen LogP contribution in [0.25, 0.3) is 9.53 Å². The molecule has 0 atom stereocenters. The van der Waals surface area contributed by atoms with Gasteiger partial charge >= 0.3 is 0 Å². The van der Waals surface area contributed by atoms with Gasteiger partial charge in [0.05, 0.1) is 15.3 Å². The molecule has 0 aliphatic heterocycles. The standard InChI is InChI=1S/C18H19FN4O2S2/c1-4-23(5-2)18-22-17-15(27-18)9-14(26-17)16(25)21-13-8-11(20-10(3)24)6-7-12(13)19/h6-9H,4-5H2,1-3H3,(H,20,24)(H,21,25). The summed E-state index contributed by atoms with van der Waals surface area (Å²) in [4.78, 5) is 31.6. The summed E-state index contributed by atoms with van der Waals surface area (Å²) in [6, 6.07) is 5.80. The Balaban J connectivity index is 1.80. The second-order valence-electron chi connectivity index (χ2n) is 5.78. The predicted octanol–water partition coefficient (Wildman–Crippen LogP) is 4.55. The van der Waals surface area contributed by atoms with E-state index in [0.29, 0.717) is 10.6 Å². The maximum absolute atomic E-state index is 14.0. The first-order valence-electron chi connectivity index (χ1n) is 8.45. The van der Waals surface area contributed by atoms with Gasteiger partial charge < -0.3 is 15.5 Å². The third kappa shape index (κ3) is 4.25. The molecule has 0 saturated carbocycles. The van der Waals surface area contributed by atoms with E-state index < -0.39 is 11.7 Å². The number of nitrogens with zero attached hydrogens (tertiary/aromatic N) is 2. The molecule has 3 aromatic rings. The summed E-state index contributed by atoms with van der Waals surface area (Å²) < 4.78 is 14.9. The lowest BCUT2D eigenvalue weighted by atomic mass is 10.2. The van der Waals surface area contributed by atoms with Crippen LogP contribution < -0.4 is 15.5 Å². The Bertz CT molecular complexity index is 963. The summed E-state index contributed by atoms with van der Waals surface area (Å²) in [7, 11) is 0. The maximum Gasteiger partial charge on any atom is 0.265 e. The average Bonchev–Trinajstić information content (AvgIpc) is 3.17. The van der Waals surface area contributed by atoms with Crippen molar-refractivity contribution in [2.45, 2.75) is 20.8 Å². The fourth-order valence-electron chi connectivity index (χ4n) is 2.55. The van der Waals surface area contributed by atoms with Crippen molar-refractivity contribution in [3.05, 3.63) is 35.0 Å². The number of fused-ring (bicyclic) bond motifs is 1. The second-order valence-corrected chi connectivity index (χ2v) is 7.82. The number of carbonyl (C=O) groups excluding carboxylic acids is 2. The molecule has 0 fully saturated rings. The van der Waals surface area contributed by atoms with Crippen molar-refractivity contribution in [1.29, 1.82) is 0 Å². The first-order valence-corrected chi connectivity index (χ1v) is 10.1. The minimum atomic E-state index is -0.572. The number of rotatable bonds is 6. The quantitative estimate of drug-likeness (QED) is 0.630. The maximum atomic E-state index is 14.0. The molecule has 2 N–H and O–H groups in total. The van der Waals surface area contributed by atoms with Crippen molar-refractivity contribution < 1.29 is 14.0 Å². The molecule has 0 aliphatic carbocycles. The van der Waals surface area contributed by atoms with Crippen LogP contribution >= 0.6 is 22.7 Å². The predicted molar refractivity (Wildman–Crippen MR) is 110 cm³/mol.